The first-order chi connectivity index (χ1) is 13.0. The molecule has 2 aromatic rings. The van der Waals surface area contributed by atoms with Crippen molar-refractivity contribution >= 4 is 11.6 Å². The molecule has 2 unspecified atom stereocenters. The highest BCUT2D eigenvalue weighted by Crippen LogP contribution is 2.31. The van der Waals surface area contributed by atoms with Crippen LogP contribution in [0.3, 0.4) is 0 Å². The molecule has 0 radical (unpaired) electrons. The van der Waals surface area contributed by atoms with E-state index in [0.29, 0.717) is 29.5 Å². The Morgan fingerprint density at radius 1 is 1.00 bits per heavy atom. The summed E-state index contributed by atoms with van der Waals surface area (Å²) in [7, 11) is 3.14. The Balaban J connectivity index is 2.20. The van der Waals surface area contributed by atoms with Gasteiger partial charge in [0.05, 0.1) is 19.9 Å². The van der Waals surface area contributed by atoms with Gasteiger partial charge in [-0.3, -0.25) is 4.79 Å². The van der Waals surface area contributed by atoms with Crippen molar-refractivity contribution in [3.8, 4) is 17.2 Å². The third kappa shape index (κ3) is 5.16. The van der Waals surface area contributed by atoms with E-state index in [2.05, 4.69) is 25.2 Å². The number of hydrogen-bond acceptors (Lipinski definition) is 4. The predicted octanol–water partition coefficient (Wildman–Crippen LogP) is 5.01. The van der Waals surface area contributed by atoms with Gasteiger partial charge in [-0.05, 0) is 42.5 Å². The van der Waals surface area contributed by atoms with Crippen LogP contribution >= 0.6 is 0 Å². The van der Waals surface area contributed by atoms with Crippen LogP contribution in [0.15, 0.2) is 42.5 Å². The molecule has 0 spiro atoms. The lowest BCUT2D eigenvalue weighted by atomic mass is 9.98. The quantitative estimate of drug-likeness (QED) is 0.673. The Labute approximate surface area is 161 Å². The van der Waals surface area contributed by atoms with Crippen molar-refractivity contribution in [3.63, 3.8) is 0 Å². The molecule has 0 aliphatic rings. The molecule has 5 nitrogen and oxygen atoms in total. The van der Waals surface area contributed by atoms with Gasteiger partial charge >= 0.3 is 0 Å². The zero-order valence-electron chi connectivity index (χ0n) is 16.7. The molecule has 0 fully saturated rings. The van der Waals surface area contributed by atoms with Crippen molar-refractivity contribution in [1.29, 1.82) is 0 Å². The molecule has 2 atom stereocenters. The van der Waals surface area contributed by atoms with Crippen LogP contribution < -0.4 is 19.5 Å². The van der Waals surface area contributed by atoms with E-state index in [0.717, 1.165) is 17.7 Å². The second kappa shape index (κ2) is 9.86. The number of benzene rings is 2. The lowest BCUT2D eigenvalue weighted by Gasteiger charge is -2.22. The molecular formula is C22H29NO4. The van der Waals surface area contributed by atoms with E-state index in [1.807, 2.05) is 25.1 Å². The van der Waals surface area contributed by atoms with Crippen LogP contribution in [-0.4, -0.2) is 26.2 Å². The Kier molecular flexibility index (Phi) is 7.53. The van der Waals surface area contributed by atoms with Gasteiger partial charge in [0.15, 0.2) is 6.10 Å². The number of nitrogens with one attached hydrogen (secondary N) is 1. The number of rotatable bonds is 9. The van der Waals surface area contributed by atoms with E-state index >= 15 is 0 Å². The number of carbonyl (C=O) groups excluding carboxylic acids is 1. The van der Waals surface area contributed by atoms with Gasteiger partial charge in [-0.2, -0.15) is 0 Å². The van der Waals surface area contributed by atoms with Crippen LogP contribution in [0.2, 0.25) is 0 Å². The van der Waals surface area contributed by atoms with E-state index in [4.69, 9.17) is 14.2 Å². The van der Waals surface area contributed by atoms with Gasteiger partial charge < -0.3 is 19.5 Å². The first-order valence-electron chi connectivity index (χ1n) is 9.32. The third-order valence-corrected chi connectivity index (χ3v) is 4.66. The monoisotopic (exact) mass is 371 g/mol. The number of carbonyl (C=O) groups is 1. The van der Waals surface area contributed by atoms with Gasteiger partial charge in [-0.1, -0.05) is 39.0 Å². The standard InChI is InChI=1S/C22H29NO4/c1-6-15(3)17-10-8-9-11-20(17)27-19(7-2)22(24)23-18-14-16(25-4)12-13-21(18)26-5/h8-15,19H,6-7H2,1-5H3,(H,23,24). The normalized spacial score (nSPS) is 12.8. The van der Waals surface area contributed by atoms with E-state index in [9.17, 15) is 4.79 Å². The third-order valence-electron chi connectivity index (χ3n) is 4.66. The van der Waals surface area contributed by atoms with Crippen LogP contribution in [0.1, 0.15) is 45.1 Å². The van der Waals surface area contributed by atoms with E-state index in [-0.39, 0.29) is 5.91 Å². The highest BCUT2D eigenvalue weighted by Gasteiger charge is 2.22. The van der Waals surface area contributed by atoms with Gasteiger partial charge in [-0.15, -0.1) is 0 Å². The summed E-state index contributed by atoms with van der Waals surface area (Å²) >= 11 is 0. The summed E-state index contributed by atoms with van der Waals surface area (Å²) in [6.45, 7) is 6.23. The van der Waals surface area contributed by atoms with Crippen molar-refractivity contribution < 1.29 is 19.0 Å². The molecule has 27 heavy (non-hydrogen) atoms. The van der Waals surface area contributed by atoms with Gasteiger partial charge in [-0.25, -0.2) is 0 Å². The predicted molar refractivity (Wildman–Crippen MR) is 108 cm³/mol. The van der Waals surface area contributed by atoms with Crippen molar-refractivity contribution in [2.75, 3.05) is 19.5 Å². The number of para-hydroxylation sites is 1. The summed E-state index contributed by atoms with van der Waals surface area (Å²) < 4.78 is 16.7. The smallest absolute Gasteiger partial charge is 0.265 e. The van der Waals surface area contributed by atoms with Crippen LogP contribution in [0.25, 0.3) is 0 Å². The highest BCUT2D eigenvalue weighted by atomic mass is 16.5. The fourth-order valence-electron chi connectivity index (χ4n) is 2.82. The number of anilines is 1. The number of amides is 1. The first kappa shape index (κ1) is 20.6. The summed E-state index contributed by atoms with van der Waals surface area (Å²) in [6.07, 6.45) is 0.947. The van der Waals surface area contributed by atoms with E-state index in [1.165, 1.54) is 0 Å². The SMILES string of the molecule is CCC(Oc1ccccc1C(C)CC)C(=O)Nc1cc(OC)ccc1OC. The molecule has 0 aromatic heterocycles. The summed E-state index contributed by atoms with van der Waals surface area (Å²) in [6, 6.07) is 13.2. The Morgan fingerprint density at radius 2 is 1.74 bits per heavy atom. The maximum absolute atomic E-state index is 12.8. The molecule has 0 aliphatic carbocycles. The molecule has 2 rings (SSSR count). The summed E-state index contributed by atoms with van der Waals surface area (Å²) in [4.78, 5) is 12.8. The lowest BCUT2D eigenvalue weighted by Crippen LogP contribution is -2.32. The molecule has 0 bridgehead atoms. The highest BCUT2D eigenvalue weighted by molar-refractivity contribution is 5.95. The fraction of sp³-hybridized carbons (Fsp3) is 0.409. The second-order valence-electron chi connectivity index (χ2n) is 6.42. The Bertz CT molecular complexity index is 760. The van der Waals surface area contributed by atoms with Crippen molar-refractivity contribution in [2.24, 2.45) is 0 Å². The average molecular weight is 371 g/mol. The second-order valence-corrected chi connectivity index (χ2v) is 6.42. The Morgan fingerprint density at radius 3 is 2.37 bits per heavy atom. The molecule has 0 saturated carbocycles. The van der Waals surface area contributed by atoms with Gasteiger partial charge in [0, 0.05) is 6.07 Å². The molecule has 0 saturated heterocycles. The minimum atomic E-state index is -0.605. The molecule has 1 N–H and O–H groups in total. The van der Waals surface area contributed by atoms with Gasteiger partial charge in [0.1, 0.15) is 17.2 Å². The number of ether oxygens (including phenoxy) is 3. The van der Waals surface area contributed by atoms with Crippen molar-refractivity contribution in [3.05, 3.63) is 48.0 Å². The molecule has 2 aromatic carbocycles. The zero-order valence-corrected chi connectivity index (χ0v) is 16.7. The molecular weight excluding hydrogens is 342 g/mol. The van der Waals surface area contributed by atoms with Gasteiger partial charge in [0.25, 0.3) is 5.91 Å². The van der Waals surface area contributed by atoms with Crippen LogP contribution in [-0.2, 0) is 4.79 Å². The minimum Gasteiger partial charge on any atom is -0.497 e. The number of methoxy groups -OCH3 is 2. The zero-order chi connectivity index (χ0) is 19.8. The maximum Gasteiger partial charge on any atom is 0.265 e. The summed E-state index contributed by atoms with van der Waals surface area (Å²) in [5, 5.41) is 2.90. The fourth-order valence-corrected chi connectivity index (χ4v) is 2.82. The lowest BCUT2D eigenvalue weighted by molar-refractivity contribution is -0.122. The van der Waals surface area contributed by atoms with Crippen molar-refractivity contribution in [1.82, 2.24) is 0 Å². The molecule has 1 amide bonds. The summed E-state index contributed by atoms with van der Waals surface area (Å²) in [5.74, 6) is 2.11. The minimum absolute atomic E-state index is 0.219. The maximum atomic E-state index is 12.8. The van der Waals surface area contributed by atoms with Crippen LogP contribution in [0.5, 0.6) is 17.2 Å². The molecule has 0 aliphatic heterocycles. The van der Waals surface area contributed by atoms with E-state index < -0.39 is 6.10 Å². The number of hydrogen-bond donors (Lipinski definition) is 1. The topological polar surface area (TPSA) is 56.8 Å². The summed E-state index contributed by atoms with van der Waals surface area (Å²) in [5.41, 5.74) is 1.67. The molecule has 0 heterocycles. The van der Waals surface area contributed by atoms with Crippen LogP contribution in [0.4, 0.5) is 5.69 Å². The van der Waals surface area contributed by atoms with Crippen LogP contribution in [0, 0.1) is 0 Å². The molecule has 5 heteroatoms. The van der Waals surface area contributed by atoms with Crippen molar-refractivity contribution in [2.45, 2.75) is 45.6 Å². The first-order valence-corrected chi connectivity index (χ1v) is 9.32. The largest absolute Gasteiger partial charge is 0.497 e. The van der Waals surface area contributed by atoms with Gasteiger partial charge in [0.2, 0.25) is 0 Å². The average Bonchev–Trinajstić information content (AvgIpc) is 2.71. The molecule has 146 valence electrons. The Hall–Kier alpha value is -2.69. The van der Waals surface area contributed by atoms with E-state index in [1.54, 1.807) is 32.4 Å².